The summed E-state index contributed by atoms with van der Waals surface area (Å²) in [5, 5.41) is 12.6. The summed E-state index contributed by atoms with van der Waals surface area (Å²) in [6, 6.07) is 8.04. The Balaban J connectivity index is 1.71. The molecule has 1 aliphatic rings. The van der Waals surface area contributed by atoms with E-state index in [9.17, 15) is 9.90 Å². The highest BCUT2D eigenvalue weighted by Gasteiger charge is 2.25. The largest absolute Gasteiger partial charge is 0.477 e. The van der Waals surface area contributed by atoms with Crippen molar-refractivity contribution in [1.29, 1.82) is 0 Å². The van der Waals surface area contributed by atoms with Crippen molar-refractivity contribution in [2.75, 3.05) is 36.9 Å². The maximum atomic E-state index is 11.8. The first-order valence-electron chi connectivity index (χ1n) is 8.43. The van der Waals surface area contributed by atoms with Crippen LogP contribution in [-0.4, -0.2) is 42.4 Å². The number of benzene rings is 1. The average Bonchev–Trinajstić information content (AvgIpc) is 2.99. The lowest BCUT2D eigenvalue weighted by Gasteiger charge is -2.28. The van der Waals surface area contributed by atoms with E-state index in [0.29, 0.717) is 35.8 Å². The number of nitrogens with zero attached hydrogens (tertiary/aromatic N) is 2. The molecular weight excluding hydrogens is 350 g/mol. The van der Waals surface area contributed by atoms with Gasteiger partial charge in [-0.2, -0.15) is 0 Å². The molecule has 1 aromatic carbocycles. The third-order valence-corrected chi connectivity index (χ3v) is 5.90. The number of carbonyl (C=O) groups is 1. The summed E-state index contributed by atoms with van der Waals surface area (Å²) >= 11 is 1.26. The number of ether oxygens (including phenoxy) is 1. The van der Waals surface area contributed by atoms with Gasteiger partial charge in [0, 0.05) is 42.9 Å². The SMILES string of the molecule is Nc1c(N2CCOCC2)sc(C(=O)O)c1Cc1ccc2ccncc2c1. The average molecular weight is 369 g/mol. The van der Waals surface area contributed by atoms with E-state index in [1.165, 1.54) is 11.3 Å². The van der Waals surface area contributed by atoms with Gasteiger partial charge in [0.2, 0.25) is 0 Å². The molecule has 134 valence electrons. The molecule has 0 atom stereocenters. The van der Waals surface area contributed by atoms with Crippen molar-refractivity contribution in [2.24, 2.45) is 0 Å². The number of thiophene rings is 1. The molecule has 7 heteroatoms. The second-order valence-electron chi connectivity index (χ2n) is 6.27. The Morgan fingerprint density at radius 3 is 2.85 bits per heavy atom. The van der Waals surface area contributed by atoms with Gasteiger partial charge in [-0.05, 0) is 23.1 Å². The summed E-state index contributed by atoms with van der Waals surface area (Å²) in [5.41, 5.74) is 8.66. The Morgan fingerprint density at radius 2 is 2.08 bits per heavy atom. The summed E-state index contributed by atoms with van der Waals surface area (Å²) in [4.78, 5) is 18.4. The maximum absolute atomic E-state index is 11.8. The van der Waals surface area contributed by atoms with Crippen LogP contribution in [0.25, 0.3) is 10.8 Å². The number of aromatic carboxylic acids is 1. The zero-order valence-electron chi connectivity index (χ0n) is 14.1. The van der Waals surface area contributed by atoms with E-state index >= 15 is 0 Å². The fourth-order valence-electron chi connectivity index (χ4n) is 3.26. The number of anilines is 2. The molecule has 6 nitrogen and oxygen atoms in total. The highest BCUT2D eigenvalue weighted by Crippen LogP contribution is 2.40. The summed E-state index contributed by atoms with van der Waals surface area (Å²) in [7, 11) is 0. The Bertz CT molecular complexity index is 964. The van der Waals surface area contributed by atoms with Gasteiger partial charge in [-0.1, -0.05) is 12.1 Å². The fraction of sp³-hybridized carbons (Fsp3) is 0.263. The van der Waals surface area contributed by atoms with Crippen LogP contribution in [0.1, 0.15) is 20.8 Å². The van der Waals surface area contributed by atoms with Gasteiger partial charge in [-0.25, -0.2) is 4.79 Å². The number of nitrogens with two attached hydrogens (primary N) is 1. The second-order valence-corrected chi connectivity index (χ2v) is 7.27. The molecule has 0 unspecified atom stereocenters. The van der Waals surface area contributed by atoms with Crippen LogP contribution in [0.3, 0.4) is 0 Å². The van der Waals surface area contributed by atoms with Crippen LogP contribution in [-0.2, 0) is 11.2 Å². The van der Waals surface area contributed by atoms with Gasteiger partial charge in [0.15, 0.2) is 0 Å². The highest BCUT2D eigenvalue weighted by molar-refractivity contribution is 7.18. The van der Waals surface area contributed by atoms with E-state index in [1.807, 2.05) is 30.5 Å². The van der Waals surface area contributed by atoms with Crippen LogP contribution >= 0.6 is 11.3 Å². The lowest BCUT2D eigenvalue weighted by atomic mass is 10.0. The topological polar surface area (TPSA) is 88.7 Å². The molecule has 3 N–H and O–H groups in total. The molecule has 0 aliphatic carbocycles. The van der Waals surface area contributed by atoms with Crippen molar-refractivity contribution in [3.05, 3.63) is 52.7 Å². The smallest absolute Gasteiger partial charge is 0.346 e. The standard InChI is InChI=1S/C19H19N3O3S/c20-16-15(10-12-1-2-13-3-4-21-11-14(13)9-12)17(19(23)24)26-18(16)22-5-7-25-8-6-22/h1-4,9,11H,5-8,10,20H2,(H,23,24). The predicted octanol–water partition coefficient (Wildman–Crippen LogP) is 3.00. The Kier molecular flexibility index (Phi) is 4.48. The fourth-order valence-corrected chi connectivity index (χ4v) is 4.39. The van der Waals surface area contributed by atoms with Crippen molar-refractivity contribution in [1.82, 2.24) is 4.98 Å². The van der Waals surface area contributed by atoms with Gasteiger partial charge in [-0.3, -0.25) is 4.98 Å². The van der Waals surface area contributed by atoms with Crippen LogP contribution in [0.15, 0.2) is 36.7 Å². The first-order chi connectivity index (χ1) is 12.6. The van der Waals surface area contributed by atoms with Crippen molar-refractivity contribution < 1.29 is 14.6 Å². The minimum absolute atomic E-state index is 0.315. The number of fused-ring (bicyclic) bond motifs is 1. The first kappa shape index (κ1) is 16.8. The van der Waals surface area contributed by atoms with Crippen LogP contribution in [0, 0.1) is 0 Å². The minimum Gasteiger partial charge on any atom is -0.477 e. The number of carboxylic acid groups (broad SMARTS) is 1. The molecule has 1 fully saturated rings. The van der Waals surface area contributed by atoms with Crippen molar-refractivity contribution in [2.45, 2.75) is 6.42 Å². The van der Waals surface area contributed by atoms with Gasteiger partial charge in [0.1, 0.15) is 9.88 Å². The number of hydrogen-bond acceptors (Lipinski definition) is 6. The number of aromatic nitrogens is 1. The van der Waals surface area contributed by atoms with Crippen LogP contribution < -0.4 is 10.6 Å². The summed E-state index contributed by atoms with van der Waals surface area (Å²) in [6.07, 6.45) is 4.06. The molecule has 0 bridgehead atoms. The van der Waals surface area contributed by atoms with E-state index in [-0.39, 0.29) is 0 Å². The Labute approximate surface area is 154 Å². The number of hydrogen-bond donors (Lipinski definition) is 2. The number of carboxylic acids is 1. The van der Waals surface area contributed by atoms with Gasteiger partial charge in [-0.15, -0.1) is 11.3 Å². The predicted molar refractivity (Wildman–Crippen MR) is 103 cm³/mol. The molecule has 0 amide bonds. The Hall–Kier alpha value is -2.64. The van der Waals surface area contributed by atoms with E-state index in [0.717, 1.165) is 34.4 Å². The quantitative estimate of drug-likeness (QED) is 0.735. The highest BCUT2D eigenvalue weighted by atomic mass is 32.1. The van der Waals surface area contributed by atoms with Crippen molar-refractivity contribution in [3.63, 3.8) is 0 Å². The molecule has 0 saturated carbocycles. The molecule has 26 heavy (non-hydrogen) atoms. The minimum atomic E-state index is -0.932. The van der Waals surface area contributed by atoms with Crippen LogP contribution in [0.4, 0.5) is 10.7 Å². The summed E-state index contributed by atoms with van der Waals surface area (Å²) in [5.74, 6) is -0.932. The van der Waals surface area contributed by atoms with Gasteiger partial charge in [0.05, 0.1) is 18.9 Å². The molecule has 4 rings (SSSR count). The third kappa shape index (κ3) is 3.11. The number of pyridine rings is 1. The van der Waals surface area contributed by atoms with E-state index in [4.69, 9.17) is 10.5 Å². The number of morpholine rings is 1. The van der Waals surface area contributed by atoms with Crippen molar-refractivity contribution in [3.8, 4) is 0 Å². The first-order valence-corrected chi connectivity index (χ1v) is 9.25. The van der Waals surface area contributed by atoms with Gasteiger partial charge < -0.3 is 20.5 Å². The summed E-state index contributed by atoms with van der Waals surface area (Å²) in [6.45, 7) is 2.72. The molecule has 3 aromatic rings. The molecule has 1 aliphatic heterocycles. The van der Waals surface area contributed by atoms with E-state index < -0.39 is 5.97 Å². The van der Waals surface area contributed by atoms with E-state index in [1.54, 1.807) is 6.20 Å². The van der Waals surface area contributed by atoms with Gasteiger partial charge in [0.25, 0.3) is 0 Å². The molecule has 1 saturated heterocycles. The summed E-state index contributed by atoms with van der Waals surface area (Å²) < 4.78 is 5.38. The van der Waals surface area contributed by atoms with Crippen LogP contribution in [0.5, 0.6) is 0 Å². The van der Waals surface area contributed by atoms with Crippen LogP contribution in [0.2, 0.25) is 0 Å². The zero-order valence-corrected chi connectivity index (χ0v) is 15.0. The molecular formula is C19H19N3O3S. The van der Waals surface area contributed by atoms with E-state index in [2.05, 4.69) is 9.88 Å². The molecule has 0 radical (unpaired) electrons. The maximum Gasteiger partial charge on any atom is 0.346 e. The zero-order chi connectivity index (χ0) is 18.1. The third-order valence-electron chi connectivity index (χ3n) is 4.61. The molecule has 3 heterocycles. The molecule has 0 spiro atoms. The number of rotatable bonds is 4. The molecule has 2 aromatic heterocycles. The Morgan fingerprint density at radius 1 is 1.27 bits per heavy atom. The second kappa shape index (κ2) is 6.93. The van der Waals surface area contributed by atoms with Gasteiger partial charge >= 0.3 is 5.97 Å². The lowest BCUT2D eigenvalue weighted by molar-refractivity contribution is 0.0701. The lowest BCUT2D eigenvalue weighted by Crippen LogP contribution is -2.36. The van der Waals surface area contributed by atoms with Crippen molar-refractivity contribution >= 4 is 38.8 Å². The normalized spacial score (nSPS) is 14.7. The monoisotopic (exact) mass is 369 g/mol. The number of nitrogen functional groups attached to an aromatic ring is 1.